The number of hydrogen-bond donors (Lipinski definition) is 1. The normalized spacial score (nSPS) is 10.2. The molecule has 0 saturated carbocycles. The topological polar surface area (TPSA) is 21.3 Å². The minimum atomic E-state index is 0.726. The van der Waals surface area contributed by atoms with Crippen molar-refractivity contribution < 1.29 is 4.74 Å². The van der Waals surface area contributed by atoms with Crippen LogP contribution in [0.3, 0.4) is 0 Å². The number of ether oxygens (including phenoxy) is 1. The smallest absolute Gasteiger partial charge is 0.0885 e. The second-order valence-electron chi connectivity index (χ2n) is 4.63. The van der Waals surface area contributed by atoms with Gasteiger partial charge in [-0.1, -0.05) is 61.2 Å². The maximum Gasteiger partial charge on any atom is 0.0885 e. The summed E-state index contributed by atoms with van der Waals surface area (Å²) in [7, 11) is 0. The van der Waals surface area contributed by atoms with E-state index in [1.54, 1.807) is 0 Å². The van der Waals surface area contributed by atoms with Crippen molar-refractivity contribution in [3.63, 3.8) is 0 Å². The van der Waals surface area contributed by atoms with Crippen molar-refractivity contribution >= 4 is 0 Å². The molecule has 0 bridgehead atoms. The molecule has 0 aliphatic rings. The SMILES string of the molecule is C=COCCCNCc1ccc(-c2ccccc2)cc1. The van der Waals surface area contributed by atoms with Gasteiger partial charge in [-0.25, -0.2) is 0 Å². The van der Waals surface area contributed by atoms with Crippen LogP contribution in [0.25, 0.3) is 11.1 Å². The Morgan fingerprint density at radius 2 is 1.65 bits per heavy atom. The molecule has 0 aromatic heterocycles. The van der Waals surface area contributed by atoms with Crippen LogP contribution < -0.4 is 5.32 Å². The van der Waals surface area contributed by atoms with Gasteiger partial charge in [0.1, 0.15) is 0 Å². The molecule has 0 fully saturated rings. The zero-order valence-corrected chi connectivity index (χ0v) is 11.7. The summed E-state index contributed by atoms with van der Waals surface area (Å²) in [5, 5.41) is 3.41. The average Bonchev–Trinajstić information content (AvgIpc) is 2.52. The average molecular weight is 267 g/mol. The molecule has 0 heterocycles. The fourth-order valence-electron chi connectivity index (χ4n) is 2.04. The lowest BCUT2D eigenvalue weighted by molar-refractivity contribution is 0.244. The van der Waals surface area contributed by atoms with Crippen molar-refractivity contribution in [3.8, 4) is 11.1 Å². The predicted octanol–water partition coefficient (Wildman–Crippen LogP) is 3.99. The third-order valence-corrected chi connectivity index (χ3v) is 3.12. The standard InChI is InChI=1S/C18H21NO/c1-2-20-14-6-13-19-15-16-9-11-18(12-10-16)17-7-4-3-5-8-17/h2-5,7-12,19H,1,6,13-15H2. The van der Waals surface area contributed by atoms with Crippen LogP contribution in [0, 0.1) is 0 Å². The fourth-order valence-corrected chi connectivity index (χ4v) is 2.04. The van der Waals surface area contributed by atoms with E-state index < -0.39 is 0 Å². The highest BCUT2D eigenvalue weighted by molar-refractivity contribution is 5.63. The Hall–Kier alpha value is -2.06. The Bertz CT molecular complexity index is 505. The lowest BCUT2D eigenvalue weighted by Crippen LogP contribution is -2.15. The number of rotatable bonds is 8. The number of nitrogens with one attached hydrogen (secondary N) is 1. The van der Waals surface area contributed by atoms with Gasteiger partial charge >= 0.3 is 0 Å². The first-order valence-electron chi connectivity index (χ1n) is 6.98. The van der Waals surface area contributed by atoms with Crippen LogP contribution in [-0.2, 0) is 11.3 Å². The van der Waals surface area contributed by atoms with Crippen LogP contribution in [-0.4, -0.2) is 13.2 Å². The van der Waals surface area contributed by atoms with Gasteiger partial charge < -0.3 is 10.1 Å². The Morgan fingerprint density at radius 3 is 2.35 bits per heavy atom. The van der Waals surface area contributed by atoms with Crippen molar-refractivity contribution in [2.24, 2.45) is 0 Å². The second kappa shape index (κ2) is 8.18. The highest BCUT2D eigenvalue weighted by Gasteiger charge is 1.97. The molecule has 2 aromatic carbocycles. The van der Waals surface area contributed by atoms with E-state index in [-0.39, 0.29) is 0 Å². The number of benzene rings is 2. The molecular weight excluding hydrogens is 246 g/mol. The van der Waals surface area contributed by atoms with Crippen LogP contribution in [0.5, 0.6) is 0 Å². The van der Waals surface area contributed by atoms with Crippen LogP contribution in [0.1, 0.15) is 12.0 Å². The van der Waals surface area contributed by atoms with E-state index in [1.807, 2.05) is 6.07 Å². The molecule has 1 N–H and O–H groups in total. The van der Waals surface area contributed by atoms with Crippen molar-refractivity contribution in [2.75, 3.05) is 13.2 Å². The third-order valence-electron chi connectivity index (χ3n) is 3.12. The minimum Gasteiger partial charge on any atom is -0.502 e. The maximum absolute atomic E-state index is 5.07. The Kier molecular flexibility index (Phi) is 5.87. The molecule has 104 valence electrons. The summed E-state index contributed by atoms with van der Waals surface area (Å²) in [5.74, 6) is 0. The van der Waals surface area contributed by atoms with Crippen molar-refractivity contribution in [1.29, 1.82) is 0 Å². The van der Waals surface area contributed by atoms with E-state index in [0.29, 0.717) is 0 Å². The second-order valence-corrected chi connectivity index (χ2v) is 4.63. The fraction of sp³-hybridized carbons (Fsp3) is 0.222. The maximum atomic E-state index is 5.07. The highest BCUT2D eigenvalue weighted by Crippen LogP contribution is 2.19. The molecule has 2 aromatic rings. The zero-order valence-electron chi connectivity index (χ0n) is 11.7. The van der Waals surface area contributed by atoms with Crippen LogP contribution in [0.2, 0.25) is 0 Å². The summed E-state index contributed by atoms with van der Waals surface area (Å²) < 4.78 is 5.07. The van der Waals surface area contributed by atoms with Gasteiger partial charge in [-0.05, 0) is 29.7 Å². The molecular formula is C18H21NO. The third kappa shape index (κ3) is 4.56. The van der Waals surface area contributed by atoms with Crippen LogP contribution in [0.15, 0.2) is 67.4 Å². The van der Waals surface area contributed by atoms with Crippen molar-refractivity contribution in [2.45, 2.75) is 13.0 Å². The van der Waals surface area contributed by atoms with E-state index >= 15 is 0 Å². The van der Waals surface area contributed by atoms with Gasteiger partial charge in [0.2, 0.25) is 0 Å². The first-order valence-corrected chi connectivity index (χ1v) is 6.98. The molecule has 0 radical (unpaired) electrons. The Labute approximate surface area is 121 Å². The van der Waals surface area contributed by atoms with Gasteiger partial charge in [-0.2, -0.15) is 0 Å². The first-order chi connectivity index (χ1) is 9.90. The molecule has 2 heteroatoms. The predicted molar refractivity (Wildman–Crippen MR) is 84.4 cm³/mol. The molecule has 0 atom stereocenters. The quantitative estimate of drug-likeness (QED) is 0.576. The zero-order chi connectivity index (χ0) is 14.0. The van der Waals surface area contributed by atoms with E-state index in [1.165, 1.54) is 23.0 Å². The van der Waals surface area contributed by atoms with Gasteiger partial charge in [0, 0.05) is 6.54 Å². The van der Waals surface area contributed by atoms with Crippen molar-refractivity contribution in [1.82, 2.24) is 5.32 Å². The van der Waals surface area contributed by atoms with Gasteiger partial charge in [0.05, 0.1) is 12.9 Å². The molecule has 2 rings (SSSR count). The van der Waals surface area contributed by atoms with Gasteiger partial charge in [0.25, 0.3) is 0 Å². The highest BCUT2D eigenvalue weighted by atomic mass is 16.5. The number of hydrogen-bond acceptors (Lipinski definition) is 2. The van der Waals surface area contributed by atoms with Gasteiger partial charge in [0.15, 0.2) is 0 Å². The largest absolute Gasteiger partial charge is 0.502 e. The summed E-state index contributed by atoms with van der Waals surface area (Å²) in [6.45, 7) is 6.09. The van der Waals surface area contributed by atoms with E-state index in [4.69, 9.17) is 4.74 Å². The molecule has 0 amide bonds. The molecule has 0 unspecified atom stereocenters. The lowest BCUT2D eigenvalue weighted by Gasteiger charge is -2.06. The lowest BCUT2D eigenvalue weighted by atomic mass is 10.0. The van der Waals surface area contributed by atoms with Crippen molar-refractivity contribution in [3.05, 3.63) is 73.0 Å². The first kappa shape index (κ1) is 14.4. The minimum absolute atomic E-state index is 0.726. The van der Waals surface area contributed by atoms with E-state index in [2.05, 4.69) is 60.4 Å². The summed E-state index contributed by atoms with van der Waals surface area (Å²) in [6, 6.07) is 19.1. The van der Waals surface area contributed by atoms with E-state index in [9.17, 15) is 0 Å². The molecule has 0 spiro atoms. The Balaban J connectivity index is 1.79. The summed E-state index contributed by atoms with van der Waals surface area (Å²) in [5.41, 5.74) is 3.82. The summed E-state index contributed by atoms with van der Waals surface area (Å²) >= 11 is 0. The van der Waals surface area contributed by atoms with Gasteiger partial charge in [-0.3, -0.25) is 0 Å². The molecule has 0 aliphatic carbocycles. The van der Waals surface area contributed by atoms with Crippen LogP contribution in [0.4, 0.5) is 0 Å². The van der Waals surface area contributed by atoms with E-state index in [0.717, 1.165) is 26.1 Å². The molecule has 0 aliphatic heterocycles. The molecule has 2 nitrogen and oxygen atoms in total. The molecule has 0 saturated heterocycles. The van der Waals surface area contributed by atoms with Crippen LogP contribution >= 0.6 is 0 Å². The monoisotopic (exact) mass is 267 g/mol. The summed E-state index contributed by atoms with van der Waals surface area (Å²) in [6.07, 6.45) is 2.48. The van der Waals surface area contributed by atoms with Gasteiger partial charge in [-0.15, -0.1) is 0 Å². The molecule has 20 heavy (non-hydrogen) atoms. The summed E-state index contributed by atoms with van der Waals surface area (Å²) in [4.78, 5) is 0. The Morgan fingerprint density at radius 1 is 0.950 bits per heavy atom.